The van der Waals surface area contributed by atoms with Gasteiger partial charge in [0.25, 0.3) is 0 Å². The van der Waals surface area contributed by atoms with Crippen LogP contribution in [0.5, 0.6) is 0 Å². The first-order chi connectivity index (χ1) is 6.16. The van der Waals surface area contributed by atoms with Crippen molar-refractivity contribution in [1.82, 2.24) is 0 Å². The van der Waals surface area contributed by atoms with E-state index in [0.717, 1.165) is 25.7 Å². The predicted octanol–water partition coefficient (Wildman–Crippen LogP) is 3.11. The summed E-state index contributed by atoms with van der Waals surface area (Å²) in [5.41, 5.74) is 0.704. The zero-order valence-electron chi connectivity index (χ0n) is 8.42. The summed E-state index contributed by atoms with van der Waals surface area (Å²) in [6.45, 7) is 2.08. The number of aliphatic hydroxyl groups is 1. The van der Waals surface area contributed by atoms with Crippen LogP contribution in [0.15, 0.2) is 23.1 Å². The third kappa shape index (κ3) is 3.57. The van der Waals surface area contributed by atoms with Gasteiger partial charge in [0, 0.05) is 6.42 Å². The molecule has 0 saturated heterocycles. The molecule has 13 heavy (non-hydrogen) atoms. The van der Waals surface area contributed by atoms with E-state index in [1.54, 1.807) is 11.8 Å². The molecule has 0 aromatic carbocycles. The second-order valence-corrected chi connectivity index (χ2v) is 4.48. The molecule has 0 radical (unpaired) electrons. The molecule has 1 N–H and O–H groups in total. The maximum absolute atomic E-state index is 10.1. The molecule has 74 valence electrons. The Morgan fingerprint density at radius 1 is 1.69 bits per heavy atom. The molecular weight excluding hydrogens is 180 g/mol. The van der Waals surface area contributed by atoms with E-state index in [2.05, 4.69) is 18.4 Å². The van der Waals surface area contributed by atoms with Gasteiger partial charge < -0.3 is 5.11 Å². The molecule has 1 unspecified atom stereocenters. The summed E-state index contributed by atoms with van der Waals surface area (Å²) in [4.78, 5) is 0. The summed E-state index contributed by atoms with van der Waals surface area (Å²) in [5.74, 6) is 0. The van der Waals surface area contributed by atoms with Crippen LogP contribution in [0.2, 0.25) is 0 Å². The molecule has 0 spiro atoms. The van der Waals surface area contributed by atoms with Gasteiger partial charge in [-0.2, -0.15) is 0 Å². The molecule has 0 saturated carbocycles. The molecule has 0 amide bonds. The van der Waals surface area contributed by atoms with Crippen LogP contribution in [0.3, 0.4) is 0 Å². The fourth-order valence-corrected chi connectivity index (χ4v) is 2.27. The third-order valence-corrected chi connectivity index (χ3v) is 2.95. The molecule has 1 aliphatic rings. The van der Waals surface area contributed by atoms with Gasteiger partial charge in [0.15, 0.2) is 0 Å². The number of rotatable bonds is 3. The highest BCUT2D eigenvalue weighted by atomic mass is 32.2. The standard InChI is InChI=1S/C11H18OS/c1-10(9-13-2)8-11(12)6-4-3-5-7-11/h4,6,9,12H,3,5,7-8H2,1-2H3/b10-9+. The quantitative estimate of drug-likeness (QED) is 0.703. The van der Waals surface area contributed by atoms with Crippen molar-refractivity contribution in [3.63, 3.8) is 0 Å². The van der Waals surface area contributed by atoms with Crippen molar-refractivity contribution in [2.24, 2.45) is 0 Å². The van der Waals surface area contributed by atoms with E-state index in [-0.39, 0.29) is 0 Å². The Hall–Kier alpha value is -0.210. The van der Waals surface area contributed by atoms with Gasteiger partial charge in [0.2, 0.25) is 0 Å². The first-order valence-electron chi connectivity index (χ1n) is 4.75. The maximum Gasteiger partial charge on any atom is 0.0864 e. The highest BCUT2D eigenvalue weighted by molar-refractivity contribution is 8.01. The van der Waals surface area contributed by atoms with E-state index in [4.69, 9.17) is 0 Å². The maximum atomic E-state index is 10.1. The van der Waals surface area contributed by atoms with Crippen molar-refractivity contribution in [3.8, 4) is 0 Å². The van der Waals surface area contributed by atoms with Crippen LogP contribution in [0, 0.1) is 0 Å². The summed E-state index contributed by atoms with van der Waals surface area (Å²) >= 11 is 1.70. The fraction of sp³-hybridized carbons (Fsp3) is 0.636. The van der Waals surface area contributed by atoms with Gasteiger partial charge in [0.1, 0.15) is 0 Å². The zero-order valence-corrected chi connectivity index (χ0v) is 9.23. The molecule has 0 fully saturated rings. The van der Waals surface area contributed by atoms with Crippen molar-refractivity contribution in [2.45, 2.75) is 38.2 Å². The minimum absolute atomic E-state index is 0.561. The van der Waals surface area contributed by atoms with Crippen LogP contribution in [-0.2, 0) is 0 Å². The Morgan fingerprint density at radius 3 is 3.00 bits per heavy atom. The lowest BCUT2D eigenvalue weighted by Gasteiger charge is -2.27. The lowest BCUT2D eigenvalue weighted by Crippen LogP contribution is -2.27. The van der Waals surface area contributed by atoms with Gasteiger partial charge in [-0.3, -0.25) is 0 Å². The van der Waals surface area contributed by atoms with E-state index < -0.39 is 5.60 Å². The van der Waals surface area contributed by atoms with Crippen LogP contribution in [0.4, 0.5) is 0 Å². The van der Waals surface area contributed by atoms with Gasteiger partial charge in [-0.05, 0) is 37.9 Å². The number of hydrogen-bond donors (Lipinski definition) is 1. The van der Waals surface area contributed by atoms with E-state index in [9.17, 15) is 5.11 Å². The van der Waals surface area contributed by atoms with Gasteiger partial charge >= 0.3 is 0 Å². The normalized spacial score (nSPS) is 29.3. The third-order valence-electron chi connectivity index (χ3n) is 2.31. The summed E-state index contributed by atoms with van der Waals surface area (Å²) in [6.07, 6.45) is 10.0. The highest BCUT2D eigenvalue weighted by Gasteiger charge is 2.24. The lowest BCUT2D eigenvalue weighted by molar-refractivity contribution is 0.0752. The van der Waals surface area contributed by atoms with E-state index >= 15 is 0 Å². The molecule has 1 aliphatic carbocycles. The van der Waals surface area contributed by atoms with Crippen LogP contribution in [-0.4, -0.2) is 17.0 Å². The average molecular weight is 198 g/mol. The molecule has 0 aromatic heterocycles. The molecule has 1 atom stereocenters. The molecule has 1 nitrogen and oxygen atoms in total. The van der Waals surface area contributed by atoms with Crippen LogP contribution in [0.25, 0.3) is 0 Å². The first kappa shape index (κ1) is 10.9. The molecule has 1 rings (SSSR count). The van der Waals surface area contributed by atoms with Crippen molar-refractivity contribution in [2.75, 3.05) is 6.26 Å². The Balaban J connectivity index is 2.55. The Bertz CT molecular complexity index is 220. The minimum Gasteiger partial charge on any atom is -0.385 e. The van der Waals surface area contributed by atoms with Crippen LogP contribution >= 0.6 is 11.8 Å². The topological polar surface area (TPSA) is 20.2 Å². The number of allylic oxidation sites excluding steroid dienone is 1. The summed E-state index contributed by atoms with van der Waals surface area (Å²) in [5, 5.41) is 12.2. The molecular formula is C11H18OS. The minimum atomic E-state index is -0.561. The van der Waals surface area contributed by atoms with E-state index in [0.29, 0.717) is 0 Å². The van der Waals surface area contributed by atoms with Gasteiger partial charge in [-0.15, -0.1) is 11.8 Å². The Kier molecular flexibility index (Phi) is 4.07. The molecule has 0 bridgehead atoms. The van der Waals surface area contributed by atoms with Crippen LogP contribution < -0.4 is 0 Å². The summed E-state index contributed by atoms with van der Waals surface area (Å²) in [6, 6.07) is 0. The Labute approximate surface area is 84.9 Å². The second-order valence-electron chi connectivity index (χ2n) is 3.77. The van der Waals surface area contributed by atoms with Crippen LogP contribution in [0.1, 0.15) is 32.6 Å². The molecule has 0 aliphatic heterocycles. The van der Waals surface area contributed by atoms with Crippen molar-refractivity contribution >= 4 is 11.8 Å². The molecule has 2 heteroatoms. The average Bonchev–Trinajstić information content (AvgIpc) is 2.04. The second kappa shape index (κ2) is 4.87. The van der Waals surface area contributed by atoms with Crippen molar-refractivity contribution in [3.05, 3.63) is 23.1 Å². The number of hydrogen-bond acceptors (Lipinski definition) is 2. The monoisotopic (exact) mass is 198 g/mol. The largest absolute Gasteiger partial charge is 0.385 e. The smallest absolute Gasteiger partial charge is 0.0864 e. The molecule has 0 heterocycles. The summed E-state index contributed by atoms with van der Waals surface area (Å²) < 4.78 is 0. The lowest BCUT2D eigenvalue weighted by atomic mass is 9.86. The highest BCUT2D eigenvalue weighted by Crippen LogP contribution is 2.28. The first-order valence-corrected chi connectivity index (χ1v) is 6.04. The van der Waals surface area contributed by atoms with Gasteiger partial charge in [-0.25, -0.2) is 0 Å². The predicted molar refractivity (Wildman–Crippen MR) is 59.8 cm³/mol. The molecule has 0 aromatic rings. The SMILES string of the molecule is CS/C=C(\C)CC1(O)C=CCCC1. The van der Waals surface area contributed by atoms with Gasteiger partial charge in [-0.1, -0.05) is 17.7 Å². The zero-order chi connectivity index (χ0) is 9.73. The van der Waals surface area contributed by atoms with E-state index in [1.807, 2.05) is 12.3 Å². The van der Waals surface area contributed by atoms with Crippen molar-refractivity contribution < 1.29 is 5.11 Å². The van der Waals surface area contributed by atoms with E-state index in [1.165, 1.54) is 5.57 Å². The van der Waals surface area contributed by atoms with Gasteiger partial charge in [0.05, 0.1) is 5.60 Å². The Morgan fingerprint density at radius 2 is 2.46 bits per heavy atom. The fourth-order valence-electron chi connectivity index (χ4n) is 1.79. The summed E-state index contributed by atoms with van der Waals surface area (Å²) in [7, 11) is 0. The number of thioether (sulfide) groups is 1. The van der Waals surface area contributed by atoms with Crippen molar-refractivity contribution in [1.29, 1.82) is 0 Å².